The second-order valence-corrected chi connectivity index (χ2v) is 6.53. The second-order valence-electron chi connectivity index (χ2n) is 5.21. The van der Waals surface area contributed by atoms with Gasteiger partial charge in [0.2, 0.25) is 0 Å². The Morgan fingerprint density at radius 3 is 2.52 bits per heavy atom. The zero-order valence-electron chi connectivity index (χ0n) is 15.0. The molecule has 1 aromatic heterocycles. The molecule has 2 aromatic rings. The Hall–Kier alpha value is -1.55. The lowest BCUT2D eigenvalue weighted by Crippen LogP contribution is -2.40. The maximum absolute atomic E-state index is 5.75. The smallest absolute Gasteiger partial charge is 0.193 e. The molecule has 0 aliphatic rings. The Bertz CT molecular complexity index is 661. The van der Waals surface area contributed by atoms with E-state index in [1.807, 2.05) is 42.4 Å². The summed E-state index contributed by atoms with van der Waals surface area (Å²) in [5, 5.41) is 4.37. The molecule has 2 rings (SSSR count). The number of ether oxygens (including phenoxy) is 2. The monoisotopic (exact) mass is 476 g/mol. The maximum Gasteiger partial charge on any atom is 0.193 e. The number of hydrogen-bond acceptors (Lipinski definition) is 5. The molecule has 6 nitrogen and oxygen atoms in total. The van der Waals surface area contributed by atoms with Crippen LogP contribution in [-0.2, 0) is 6.54 Å². The summed E-state index contributed by atoms with van der Waals surface area (Å²) in [6.07, 6.45) is 1.89. The lowest BCUT2D eigenvalue weighted by atomic mass is 10.3. The van der Waals surface area contributed by atoms with Crippen molar-refractivity contribution in [3.63, 3.8) is 0 Å². The summed E-state index contributed by atoms with van der Waals surface area (Å²) >= 11 is 1.69. The molecule has 0 fully saturated rings. The lowest BCUT2D eigenvalue weighted by Gasteiger charge is -2.21. The van der Waals surface area contributed by atoms with Crippen molar-refractivity contribution in [3.8, 4) is 11.5 Å². The molecule has 0 saturated carbocycles. The molecule has 0 unspecified atom stereocenters. The standard InChI is InChI=1S/C17H24N4O2S.HI/c1-13-11-19-16(24-13)12-20-17(18-2)21(3)9-10-23-15-7-5-14(22-4)6-8-15;/h5-8,11H,9-10,12H2,1-4H3,(H,18,20);1H. The quantitative estimate of drug-likeness (QED) is 0.378. The minimum absolute atomic E-state index is 0. The van der Waals surface area contributed by atoms with E-state index < -0.39 is 0 Å². The first kappa shape index (κ1) is 21.5. The number of aryl methyl sites for hydroxylation is 1. The van der Waals surface area contributed by atoms with Crippen LogP contribution < -0.4 is 14.8 Å². The minimum Gasteiger partial charge on any atom is -0.497 e. The fourth-order valence-corrected chi connectivity index (χ4v) is 2.83. The Labute approximate surface area is 170 Å². The molecule has 0 spiro atoms. The van der Waals surface area contributed by atoms with Gasteiger partial charge in [0, 0.05) is 25.2 Å². The van der Waals surface area contributed by atoms with E-state index >= 15 is 0 Å². The number of aliphatic imine (C=N–C) groups is 1. The Kier molecular flexibility index (Phi) is 9.58. The minimum atomic E-state index is 0. The molecule has 0 aliphatic heterocycles. The molecule has 0 aliphatic carbocycles. The number of nitrogens with zero attached hydrogens (tertiary/aromatic N) is 3. The highest BCUT2D eigenvalue weighted by molar-refractivity contribution is 14.0. The summed E-state index contributed by atoms with van der Waals surface area (Å²) in [5.74, 6) is 2.47. The molecule has 8 heteroatoms. The van der Waals surface area contributed by atoms with Crippen LogP contribution in [0, 0.1) is 6.92 Å². The lowest BCUT2D eigenvalue weighted by molar-refractivity contribution is 0.281. The van der Waals surface area contributed by atoms with E-state index in [9.17, 15) is 0 Å². The Balaban J connectivity index is 0.00000312. The average molecular weight is 476 g/mol. The number of halogens is 1. The Morgan fingerprint density at radius 2 is 1.96 bits per heavy atom. The van der Waals surface area contributed by atoms with Gasteiger partial charge in [-0.1, -0.05) is 0 Å². The number of benzene rings is 1. The van der Waals surface area contributed by atoms with Crippen molar-refractivity contribution in [3.05, 3.63) is 40.3 Å². The van der Waals surface area contributed by atoms with Crippen LogP contribution in [0.1, 0.15) is 9.88 Å². The highest BCUT2D eigenvalue weighted by atomic mass is 127. The van der Waals surface area contributed by atoms with Gasteiger partial charge in [-0.05, 0) is 31.2 Å². The van der Waals surface area contributed by atoms with E-state index in [4.69, 9.17) is 9.47 Å². The van der Waals surface area contributed by atoms with Gasteiger partial charge in [0.25, 0.3) is 0 Å². The summed E-state index contributed by atoms with van der Waals surface area (Å²) in [5.41, 5.74) is 0. The third-order valence-corrected chi connectivity index (χ3v) is 4.31. The van der Waals surface area contributed by atoms with Crippen LogP contribution in [0.2, 0.25) is 0 Å². The van der Waals surface area contributed by atoms with Gasteiger partial charge in [-0.15, -0.1) is 35.3 Å². The molecule has 0 amide bonds. The van der Waals surface area contributed by atoms with Crippen LogP contribution in [0.15, 0.2) is 35.5 Å². The van der Waals surface area contributed by atoms with E-state index in [0.29, 0.717) is 13.2 Å². The topological polar surface area (TPSA) is 59.0 Å². The number of thiazole rings is 1. The van der Waals surface area contributed by atoms with Crippen molar-refractivity contribution < 1.29 is 9.47 Å². The number of aromatic nitrogens is 1. The van der Waals surface area contributed by atoms with Crippen LogP contribution in [0.3, 0.4) is 0 Å². The number of rotatable bonds is 7. The van der Waals surface area contributed by atoms with Crippen LogP contribution in [-0.4, -0.2) is 50.2 Å². The average Bonchev–Trinajstić information content (AvgIpc) is 3.01. The first-order chi connectivity index (χ1) is 11.6. The number of nitrogens with one attached hydrogen (secondary N) is 1. The van der Waals surface area contributed by atoms with Gasteiger partial charge in [-0.3, -0.25) is 4.99 Å². The molecule has 25 heavy (non-hydrogen) atoms. The van der Waals surface area contributed by atoms with Crippen LogP contribution >= 0.6 is 35.3 Å². The largest absolute Gasteiger partial charge is 0.497 e. The van der Waals surface area contributed by atoms with Gasteiger partial charge in [-0.25, -0.2) is 4.98 Å². The van der Waals surface area contributed by atoms with Crippen molar-refractivity contribution in [2.75, 3.05) is 34.4 Å². The summed E-state index contributed by atoms with van der Waals surface area (Å²) in [6.45, 7) is 4.02. The SMILES string of the molecule is CN=C(NCc1ncc(C)s1)N(C)CCOc1ccc(OC)cc1.I. The van der Waals surface area contributed by atoms with E-state index in [-0.39, 0.29) is 24.0 Å². The highest BCUT2D eigenvalue weighted by Gasteiger charge is 2.07. The number of likely N-dealkylation sites (N-methyl/N-ethyl adjacent to an activating group) is 1. The normalized spacial score (nSPS) is 10.8. The molecular weight excluding hydrogens is 451 g/mol. The summed E-state index contributed by atoms with van der Waals surface area (Å²) in [7, 11) is 5.41. The molecule has 0 saturated heterocycles. The van der Waals surface area contributed by atoms with Crippen LogP contribution in [0.5, 0.6) is 11.5 Å². The molecule has 1 aromatic carbocycles. The Morgan fingerprint density at radius 1 is 1.28 bits per heavy atom. The fourth-order valence-electron chi connectivity index (χ4n) is 2.10. The van der Waals surface area contributed by atoms with Crippen molar-refractivity contribution in [2.24, 2.45) is 4.99 Å². The van der Waals surface area contributed by atoms with Crippen molar-refractivity contribution in [1.82, 2.24) is 15.2 Å². The summed E-state index contributed by atoms with van der Waals surface area (Å²) in [6, 6.07) is 7.57. The zero-order valence-corrected chi connectivity index (χ0v) is 18.1. The molecule has 1 heterocycles. The molecule has 0 atom stereocenters. The van der Waals surface area contributed by atoms with Crippen molar-refractivity contribution in [1.29, 1.82) is 0 Å². The van der Waals surface area contributed by atoms with Crippen LogP contribution in [0.25, 0.3) is 0 Å². The maximum atomic E-state index is 5.75. The van der Waals surface area contributed by atoms with Crippen molar-refractivity contribution >= 4 is 41.3 Å². The van der Waals surface area contributed by atoms with E-state index in [2.05, 4.69) is 22.2 Å². The molecule has 0 radical (unpaired) electrons. The number of guanidine groups is 1. The molecule has 1 N–H and O–H groups in total. The first-order valence-corrected chi connectivity index (χ1v) is 8.54. The summed E-state index contributed by atoms with van der Waals surface area (Å²) < 4.78 is 10.9. The van der Waals surface area contributed by atoms with Crippen LogP contribution in [0.4, 0.5) is 0 Å². The molecule has 0 bridgehead atoms. The van der Waals surface area contributed by atoms with Crippen molar-refractivity contribution in [2.45, 2.75) is 13.5 Å². The second kappa shape index (κ2) is 11.1. The van der Waals surface area contributed by atoms with Gasteiger partial charge in [0.05, 0.1) is 20.2 Å². The molecular formula is C17H25IN4O2S. The van der Waals surface area contributed by atoms with Gasteiger partial charge in [0.1, 0.15) is 23.1 Å². The third-order valence-electron chi connectivity index (χ3n) is 3.40. The summed E-state index contributed by atoms with van der Waals surface area (Å²) in [4.78, 5) is 11.9. The van der Waals surface area contributed by atoms with Gasteiger partial charge in [-0.2, -0.15) is 0 Å². The highest BCUT2D eigenvalue weighted by Crippen LogP contribution is 2.16. The van der Waals surface area contributed by atoms with Gasteiger partial charge >= 0.3 is 0 Å². The molecule has 138 valence electrons. The predicted octanol–water partition coefficient (Wildman–Crippen LogP) is 3.16. The number of methoxy groups -OCH3 is 1. The van der Waals surface area contributed by atoms with E-state index in [0.717, 1.165) is 29.0 Å². The van der Waals surface area contributed by atoms with Gasteiger partial charge in [0.15, 0.2) is 5.96 Å². The first-order valence-electron chi connectivity index (χ1n) is 7.72. The number of hydrogen-bond donors (Lipinski definition) is 1. The predicted molar refractivity (Wildman–Crippen MR) is 114 cm³/mol. The van der Waals surface area contributed by atoms with E-state index in [1.54, 1.807) is 25.5 Å². The van der Waals surface area contributed by atoms with Gasteiger partial charge < -0.3 is 19.7 Å². The fraction of sp³-hybridized carbons (Fsp3) is 0.412. The third kappa shape index (κ3) is 7.07. The van der Waals surface area contributed by atoms with E-state index in [1.165, 1.54) is 4.88 Å². The zero-order chi connectivity index (χ0) is 17.4.